The van der Waals surface area contributed by atoms with Gasteiger partial charge >= 0.3 is 6.18 Å². The first-order valence-corrected chi connectivity index (χ1v) is 16.7. The highest BCUT2D eigenvalue weighted by Crippen LogP contribution is 2.62. The lowest BCUT2D eigenvalue weighted by Gasteiger charge is -2.40. The van der Waals surface area contributed by atoms with Gasteiger partial charge in [-0.1, -0.05) is 49.8 Å². The second-order valence-corrected chi connectivity index (χ2v) is 12.9. The summed E-state index contributed by atoms with van der Waals surface area (Å²) >= 11 is 0. The van der Waals surface area contributed by atoms with E-state index in [1.807, 2.05) is 104 Å². The van der Waals surface area contributed by atoms with Gasteiger partial charge in [0.15, 0.2) is 5.60 Å². The Hall–Kier alpha value is -5.11. The number of ether oxygens (including phenoxy) is 5. The number of fused-ring (bicyclic) bond motifs is 8. The van der Waals surface area contributed by atoms with Crippen molar-refractivity contribution in [3.63, 3.8) is 0 Å². The van der Waals surface area contributed by atoms with Crippen LogP contribution in [0.3, 0.4) is 0 Å². The van der Waals surface area contributed by atoms with Crippen molar-refractivity contribution in [2.45, 2.75) is 49.8 Å². The van der Waals surface area contributed by atoms with Crippen molar-refractivity contribution in [2.24, 2.45) is 0 Å². The summed E-state index contributed by atoms with van der Waals surface area (Å²) in [7, 11) is 6.44. The fourth-order valence-corrected chi connectivity index (χ4v) is 8.01. The summed E-state index contributed by atoms with van der Waals surface area (Å²) in [4.78, 5) is 0. The number of benzene rings is 5. The maximum Gasteiger partial charge on any atom is 0.389 e. The molecule has 0 spiro atoms. The largest absolute Gasteiger partial charge is 0.497 e. The second kappa shape index (κ2) is 12.7. The molecule has 0 fully saturated rings. The lowest BCUT2D eigenvalue weighted by atomic mass is 9.69. The number of hydrogen-bond acceptors (Lipinski definition) is 5. The molecule has 0 bridgehead atoms. The van der Waals surface area contributed by atoms with Gasteiger partial charge in [0, 0.05) is 33.9 Å². The van der Waals surface area contributed by atoms with E-state index in [9.17, 15) is 13.2 Å². The van der Waals surface area contributed by atoms with Crippen molar-refractivity contribution in [1.29, 1.82) is 0 Å². The molecule has 0 N–H and O–H groups in total. The minimum Gasteiger partial charge on any atom is -0.497 e. The summed E-state index contributed by atoms with van der Waals surface area (Å²) in [5.74, 6) is 3.23. The van der Waals surface area contributed by atoms with Crippen molar-refractivity contribution in [2.75, 3.05) is 28.4 Å². The molecule has 50 heavy (non-hydrogen) atoms. The Balaban J connectivity index is 1.57. The van der Waals surface area contributed by atoms with E-state index < -0.39 is 23.6 Å². The van der Waals surface area contributed by atoms with Crippen LogP contribution in [-0.2, 0) is 11.0 Å². The van der Waals surface area contributed by atoms with Gasteiger partial charge in [-0.25, -0.2) is 0 Å². The van der Waals surface area contributed by atoms with Gasteiger partial charge in [-0.3, -0.25) is 0 Å². The first kappa shape index (κ1) is 33.4. The van der Waals surface area contributed by atoms with Gasteiger partial charge in [0.2, 0.25) is 0 Å². The predicted molar refractivity (Wildman–Crippen MR) is 190 cm³/mol. The Morgan fingerprint density at radius 2 is 1.22 bits per heavy atom. The molecule has 5 aromatic rings. The highest BCUT2D eigenvalue weighted by molar-refractivity contribution is 6.09. The smallest absolute Gasteiger partial charge is 0.389 e. The van der Waals surface area contributed by atoms with Crippen LogP contribution in [0.5, 0.6) is 28.7 Å². The van der Waals surface area contributed by atoms with Crippen LogP contribution in [0, 0.1) is 0 Å². The average molecular weight is 681 g/mol. The normalized spacial score (nSPS) is 17.0. The Labute approximate surface area is 290 Å². The predicted octanol–water partition coefficient (Wildman–Crippen LogP) is 10.6. The highest BCUT2D eigenvalue weighted by atomic mass is 19.4. The van der Waals surface area contributed by atoms with Gasteiger partial charge in [-0.15, -0.1) is 0 Å². The van der Waals surface area contributed by atoms with E-state index in [-0.39, 0.29) is 6.42 Å². The summed E-state index contributed by atoms with van der Waals surface area (Å²) in [6.07, 6.45) is -0.111. The molecule has 1 unspecified atom stereocenters. The molecular formula is C42H39F3O5. The lowest BCUT2D eigenvalue weighted by molar-refractivity contribution is -0.137. The molecule has 8 heteroatoms. The van der Waals surface area contributed by atoms with E-state index in [1.54, 1.807) is 28.4 Å². The standard InChI is InChI=1S/C42H39F3O5/c1-6-20-40(22-23-42(43,44)45)36-25-31(49-5)16-18-33(36)37-32-17-15-30(48-4)24-35(32)39-34(38(37)40)19-21-41(50-39,26-7-11-28(46-2)12-8-26)27-9-13-29(47-3)14-10-27/h7-19,21,24-25H,6,20,22-23H2,1-5H3. The van der Waals surface area contributed by atoms with E-state index in [4.69, 9.17) is 23.7 Å². The number of rotatable bonds is 10. The fraction of sp³-hybridized carbons (Fsp3) is 0.286. The molecular weight excluding hydrogens is 641 g/mol. The van der Waals surface area contributed by atoms with E-state index in [0.717, 1.165) is 49.7 Å². The zero-order valence-electron chi connectivity index (χ0n) is 28.7. The van der Waals surface area contributed by atoms with Crippen LogP contribution in [0.25, 0.3) is 28.0 Å². The second-order valence-electron chi connectivity index (χ2n) is 12.9. The quantitative estimate of drug-likeness (QED) is 0.147. The molecule has 1 heterocycles. The molecule has 2 aliphatic rings. The molecule has 0 amide bonds. The summed E-state index contributed by atoms with van der Waals surface area (Å²) in [5.41, 5.74) is 3.96. The minimum atomic E-state index is -4.34. The topological polar surface area (TPSA) is 46.2 Å². The molecule has 7 rings (SSSR count). The van der Waals surface area contributed by atoms with Gasteiger partial charge in [0.1, 0.15) is 28.7 Å². The Bertz CT molecular complexity index is 2040. The van der Waals surface area contributed by atoms with Gasteiger partial charge in [0.25, 0.3) is 0 Å². The molecule has 0 radical (unpaired) electrons. The van der Waals surface area contributed by atoms with Gasteiger partial charge in [0.05, 0.1) is 28.4 Å². The van der Waals surface area contributed by atoms with E-state index in [1.165, 1.54) is 0 Å². The Kier molecular flexibility index (Phi) is 8.45. The highest BCUT2D eigenvalue weighted by Gasteiger charge is 2.49. The Morgan fingerprint density at radius 3 is 1.78 bits per heavy atom. The van der Waals surface area contributed by atoms with Crippen molar-refractivity contribution in [1.82, 2.24) is 0 Å². The summed E-state index contributed by atoms with van der Waals surface area (Å²) in [6, 6.07) is 27.1. The summed E-state index contributed by atoms with van der Waals surface area (Å²) < 4.78 is 72.2. The lowest BCUT2D eigenvalue weighted by Crippen LogP contribution is -2.35. The zero-order chi connectivity index (χ0) is 35.3. The van der Waals surface area contributed by atoms with Crippen molar-refractivity contribution in [3.8, 4) is 39.9 Å². The van der Waals surface area contributed by atoms with Gasteiger partial charge in [-0.2, -0.15) is 13.2 Å². The first-order valence-electron chi connectivity index (χ1n) is 16.7. The van der Waals surface area contributed by atoms with Gasteiger partial charge in [-0.05, 0) is 101 Å². The van der Waals surface area contributed by atoms with E-state index >= 15 is 0 Å². The molecule has 258 valence electrons. The molecule has 1 atom stereocenters. The van der Waals surface area contributed by atoms with Crippen molar-refractivity contribution in [3.05, 3.63) is 119 Å². The van der Waals surface area contributed by atoms with E-state index in [0.29, 0.717) is 41.6 Å². The van der Waals surface area contributed by atoms with Crippen LogP contribution in [0.2, 0.25) is 0 Å². The monoisotopic (exact) mass is 680 g/mol. The van der Waals surface area contributed by atoms with Crippen molar-refractivity contribution < 1.29 is 36.9 Å². The third-order valence-corrected chi connectivity index (χ3v) is 10.3. The molecule has 0 saturated carbocycles. The molecule has 0 aromatic heterocycles. The first-order chi connectivity index (χ1) is 24.1. The van der Waals surface area contributed by atoms with Crippen LogP contribution in [-0.4, -0.2) is 34.6 Å². The van der Waals surface area contributed by atoms with Crippen molar-refractivity contribution >= 4 is 16.8 Å². The number of hydrogen-bond donors (Lipinski definition) is 0. The SMILES string of the molecule is CCCC1(CCC(F)(F)F)c2cc(OC)ccc2-c2c1c1c(c3cc(OC)ccc23)OC(c2ccc(OC)cc2)(c2ccc(OC)cc2)C=C1. The molecule has 1 aliphatic carbocycles. The van der Waals surface area contributed by atoms with Crippen LogP contribution in [0.1, 0.15) is 60.4 Å². The van der Waals surface area contributed by atoms with Crippen LogP contribution >= 0.6 is 0 Å². The fourth-order valence-electron chi connectivity index (χ4n) is 8.01. The Morgan fingerprint density at radius 1 is 0.660 bits per heavy atom. The van der Waals surface area contributed by atoms with E-state index in [2.05, 4.69) is 0 Å². The maximum absolute atomic E-state index is 14.2. The third-order valence-electron chi connectivity index (χ3n) is 10.3. The molecule has 5 nitrogen and oxygen atoms in total. The molecule has 1 aliphatic heterocycles. The number of alkyl halides is 3. The van der Waals surface area contributed by atoms with Gasteiger partial charge < -0.3 is 23.7 Å². The zero-order valence-corrected chi connectivity index (χ0v) is 28.7. The summed E-state index contributed by atoms with van der Waals surface area (Å²) in [5, 5.41) is 1.68. The minimum absolute atomic E-state index is 0.110. The van der Waals surface area contributed by atoms with Crippen LogP contribution in [0.4, 0.5) is 13.2 Å². The average Bonchev–Trinajstić information content (AvgIpc) is 3.43. The van der Waals surface area contributed by atoms with Crippen LogP contribution < -0.4 is 23.7 Å². The maximum atomic E-state index is 14.2. The third kappa shape index (κ3) is 5.32. The summed E-state index contributed by atoms with van der Waals surface area (Å²) in [6.45, 7) is 2.02. The molecule has 5 aromatic carbocycles. The van der Waals surface area contributed by atoms with Crippen LogP contribution in [0.15, 0.2) is 91.0 Å². The number of halogens is 3. The molecule has 0 saturated heterocycles. The number of methoxy groups -OCH3 is 4.